The van der Waals surface area contributed by atoms with E-state index in [0.717, 1.165) is 25.7 Å². The fourth-order valence-corrected chi connectivity index (χ4v) is 6.14. The summed E-state index contributed by atoms with van der Waals surface area (Å²) in [5.74, 6) is 0.715. The Morgan fingerprint density at radius 3 is 1.85 bits per heavy atom. The van der Waals surface area contributed by atoms with Crippen molar-refractivity contribution in [2.75, 3.05) is 26.2 Å². The molecule has 1 N–H and O–H groups in total. The van der Waals surface area contributed by atoms with Crippen LogP contribution in [-0.4, -0.2) is 55.2 Å². The van der Waals surface area contributed by atoms with E-state index in [1.54, 1.807) is 8.61 Å². The summed E-state index contributed by atoms with van der Waals surface area (Å²) in [4.78, 5) is 12.6. The first kappa shape index (κ1) is 20.1. The van der Waals surface area contributed by atoms with Gasteiger partial charge >= 0.3 is 0 Å². The van der Waals surface area contributed by atoms with Gasteiger partial charge < -0.3 is 5.32 Å². The molecule has 3 rings (SSSR count). The molecule has 1 saturated carbocycles. The normalized spacial score (nSPS) is 26.5. The molecule has 0 unspecified atom stereocenters. The van der Waals surface area contributed by atoms with Crippen LogP contribution in [0.4, 0.5) is 0 Å². The second-order valence-electron chi connectivity index (χ2n) is 8.46. The zero-order chi connectivity index (χ0) is 18.6. The molecule has 6 nitrogen and oxygen atoms in total. The Hall–Kier alpha value is -0.660. The van der Waals surface area contributed by atoms with Crippen molar-refractivity contribution in [2.24, 2.45) is 11.8 Å². The predicted molar refractivity (Wildman–Crippen MR) is 103 cm³/mol. The number of rotatable bonds is 4. The smallest absolute Gasteiger partial charge is 0.281 e. The summed E-state index contributed by atoms with van der Waals surface area (Å²) in [6, 6.07) is 0.321. The Labute approximate surface area is 158 Å². The zero-order valence-corrected chi connectivity index (χ0v) is 17.0. The van der Waals surface area contributed by atoms with E-state index in [1.165, 1.54) is 25.7 Å². The highest BCUT2D eigenvalue weighted by Crippen LogP contribution is 2.26. The number of piperidine rings is 2. The molecule has 2 saturated heterocycles. The minimum absolute atomic E-state index is 0.0360. The number of carbonyl (C=O) groups is 1. The van der Waals surface area contributed by atoms with Gasteiger partial charge in [0.25, 0.3) is 10.2 Å². The van der Waals surface area contributed by atoms with E-state index in [2.05, 4.69) is 12.2 Å². The van der Waals surface area contributed by atoms with Gasteiger partial charge in [0.2, 0.25) is 5.91 Å². The number of nitrogens with one attached hydrogen (secondary N) is 1. The SMILES string of the molecule is CC1CCN(S(=O)(=O)N2CCC(C(=O)NC3CCCCCC3)CC2)CC1. The first-order chi connectivity index (χ1) is 12.5. The lowest BCUT2D eigenvalue weighted by atomic mass is 9.96. The van der Waals surface area contributed by atoms with E-state index in [-0.39, 0.29) is 11.8 Å². The van der Waals surface area contributed by atoms with E-state index in [9.17, 15) is 13.2 Å². The van der Waals surface area contributed by atoms with Crippen LogP contribution < -0.4 is 5.32 Å². The molecule has 150 valence electrons. The number of carbonyl (C=O) groups excluding carboxylic acids is 1. The molecular weight excluding hydrogens is 350 g/mol. The highest BCUT2D eigenvalue weighted by atomic mass is 32.2. The summed E-state index contributed by atoms with van der Waals surface area (Å²) in [6.45, 7) is 4.38. The van der Waals surface area contributed by atoms with Gasteiger partial charge in [-0.15, -0.1) is 0 Å². The Morgan fingerprint density at radius 2 is 1.31 bits per heavy atom. The Kier molecular flexibility index (Phi) is 6.97. The lowest BCUT2D eigenvalue weighted by Gasteiger charge is -2.37. The molecule has 3 fully saturated rings. The molecule has 0 atom stereocenters. The maximum atomic E-state index is 12.8. The summed E-state index contributed by atoms with van der Waals surface area (Å²) in [7, 11) is -3.35. The molecule has 2 aliphatic heterocycles. The van der Waals surface area contributed by atoms with E-state index in [0.29, 0.717) is 51.0 Å². The van der Waals surface area contributed by atoms with Gasteiger partial charge in [0.15, 0.2) is 0 Å². The molecule has 0 aromatic carbocycles. The highest BCUT2D eigenvalue weighted by Gasteiger charge is 2.36. The van der Waals surface area contributed by atoms with Crippen LogP contribution in [0.1, 0.15) is 71.1 Å². The number of hydrogen-bond donors (Lipinski definition) is 1. The molecule has 3 aliphatic rings. The molecule has 26 heavy (non-hydrogen) atoms. The molecule has 0 aromatic heterocycles. The molecule has 0 radical (unpaired) electrons. The third kappa shape index (κ3) is 4.98. The largest absolute Gasteiger partial charge is 0.353 e. The number of nitrogens with zero attached hydrogens (tertiary/aromatic N) is 2. The monoisotopic (exact) mass is 385 g/mol. The predicted octanol–water partition coefficient (Wildman–Crippen LogP) is 2.51. The molecule has 7 heteroatoms. The topological polar surface area (TPSA) is 69.7 Å². The van der Waals surface area contributed by atoms with Crippen LogP contribution in [0.3, 0.4) is 0 Å². The van der Waals surface area contributed by atoms with Gasteiger partial charge in [-0.3, -0.25) is 4.79 Å². The van der Waals surface area contributed by atoms with Gasteiger partial charge in [-0.05, 0) is 44.4 Å². The minimum atomic E-state index is -3.35. The van der Waals surface area contributed by atoms with Crippen molar-refractivity contribution in [2.45, 2.75) is 77.2 Å². The van der Waals surface area contributed by atoms with E-state index in [1.807, 2.05) is 0 Å². The van der Waals surface area contributed by atoms with Crippen LogP contribution in [0.2, 0.25) is 0 Å². The van der Waals surface area contributed by atoms with E-state index in [4.69, 9.17) is 0 Å². The molecule has 0 spiro atoms. The Bertz CT molecular complexity index is 557. The number of amides is 1. The molecule has 1 aliphatic carbocycles. The Balaban J connectivity index is 1.48. The molecule has 2 heterocycles. The summed E-state index contributed by atoms with van der Waals surface area (Å²) in [5, 5.41) is 3.23. The summed E-state index contributed by atoms with van der Waals surface area (Å²) in [6.07, 6.45) is 10.3. The second-order valence-corrected chi connectivity index (χ2v) is 10.4. The first-order valence-corrected chi connectivity index (χ1v) is 11.9. The van der Waals surface area contributed by atoms with Crippen molar-refractivity contribution in [3.8, 4) is 0 Å². The lowest BCUT2D eigenvalue weighted by Crippen LogP contribution is -2.51. The van der Waals surface area contributed by atoms with Crippen LogP contribution in [0.5, 0.6) is 0 Å². The van der Waals surface area contributed by atoms with Crippen LogP contribution >= 0.6 is 0 Å². The molecular formula is C19H35N3O3S. The van der Waals surface area contributed by atoms with Crippen molar-refractivity contribution < 1.29 is 13.2 Å². The summed E-state index contributed by atoms with van der Waals surface area (Å²) < 4.78 is 28.9. The average molecular weight is 386 g/mol. The van der Waals surface area contributed by atoms with Crippen molar-refractivity contribution in [3.05, 3.63) is 0 Å². The highest BCUT2D eigenvalue weighted by molar-refractivity contribution is 7.86. The van der Waals surface area contributed by atoms with Crippen molar-refractivity contribution in [3.63, 3.8) is 0 Å². The third-order valence-electron chi connectivity index (χ3n) is 6.42. The zero-order valence-electron chi connectivity index (χ0n) is 16.2. The van der Waals surface area contributed by atoms with Crippen molar-refractivity contribution in [1.29, 1.82) is 0 Å². The minimum Gasteiger partial charge on any atom is -0.353 e. The number of hydrogen-bond acceptors (Lipinski definition) is 3. The van der Waals surface area contributed by atoms with Crippen LogP contribution in [0.25, 0.3) is 0 Å². The van der Waals surface area contributed by atoms with Gasteiger partial charge in [-0.25, -0.2) is 0 Å². The van der Waals surface area contributed by atoms with Gasteiger partial charge in [-0.1, -0.05) is 32.6 Å². The van der Waals surface area contributed by atoms with Crippen LogP contribution in [0.15, 0.2) is 0 Å². The maximum Gasteiger partial charge on any atom is 0.281 e. The molecule has 1 amide bonds. The third-order valence-corrected chi connectivity index (χ3v) is 8.46. The van der Waals surface area contributed by atoms with Crippen molar-refractivity contribution >= 4 is 16.1 Å². The quantitative estimate of drug-likeness (QED) is 0.756. The first-order valence-electron chi connectivity index (χ1n) is 10.5. The van der Waals surface area contributed by atoms with Crippen LogP contribution in [0, 0.1) is 11.8 Å². The van der Waals surface area contributed by atoms with Crippen molar-refractivity contribution in [1.82, 2.24) is 13.9 Å². The van der Waals surface area contributed by atoms with Gasteiger partial charge in [-0.2, -0.15) is 17.0 Å². The summed E-state index contributed by atoms with van der Waals surface area (Å²) in [5.41, 5.74) is 0. The Morgan fingerprint density at radius 1 is 0.808 bits per heavy atom. The van der Waals surface area contributed by atoms with Gasteiger partial charge in [0, 0.05) is 38.1 Å². The van der Waals surface area contributed by atoms with Gasteiger partial charge in [0.1, 0.15) is 0 Å². The van der Waals surface area contributed by atoms with Gasteiger partial charge in [0.05, 0.1) is 0 Å². The standard InChI is InChI=1S/C19H35N3O3S/c1-16-8-12-21(13-9-16)26(24,25)22-14-10-17(11-15-22)19(23)20-18-6-4-2-3-5-7-18/h16-18H,2-15H2,1H3,(H,20,23). The van der Waals surface area contributed by atoms with Crippen LogP contribution in [-0.2, 0) is 15.0 Å². The summed E-state index contributed by atoms with van der Waals surface area (Å²) >= 11 is 0. The average Bonchev–Trinajstić information content (AvgIpc) is 2.91. The fraction of sp³-hybridized carbons (Fsp3) is 0.947. The van der Waals surface area contributed by atoms with E-state index >= 15 is 0 Å². The second kappa shape index (κ2) is 9.02. The molecule has 0 aromatic rings. The maximum absolute atomic E-state index is 12.8. The lowest BCUT2D eigenvalue weighted by molar-refractivity contribution is -0.126. The fourth-order valence-electron chi connectivity index (χ4n) is 4.47. The molecule has 0 bridgehead atoms. The van der Waals surface area contributed by atoms with E-state index < -0.39 is 10.2 Å².